The van der Waals surface area contributed by atoms with Gasteiger partial charge < -0.3 is 20.7 Å². The maximum Gasteiger partial charge on any atom is 0.407 e. The maximum absolute atomic E-state index is 12.1. The first kappa shape index (κ1) is 21.5. The third-order valence-electron chi connectivity index (χ3n) is 4.44. The first-order chi connectivity index (χ1) is 16.2. The summed E-state index contributed by atoms with van der Waals surface area (Å²) in [5, 5.41) is 20.6. The summed E-state index contributed by atoms with van der Waals surface area (Å²) in [6.07, 6.45) is 2.79. The summed E-state index contributed by atoms with van der Waals surface area (Å²) in [4.78, 5) is 23.8. The Morgan fingerprint density at radius 1 is 0.879 bits per heavy atom. The number of nitrogens with zero attached hydrogens (tertiary/aromatic N) is 4. The minimum atomic E-state index is -0.659. The highest BCUT2D eigenvalue weighted by Crippen LogP contribution is 2.17. The first-order valence-corrected chi connectivity index (χ1v) is 10.1. The second-order valence-corrected chi connectivity index (χ2v) is 6.89. The van der Waals surface area contributed by atoms with E-state index in [1.165, 1.54) is 0 Å². The molecule has 0 spiro atoms. The molecule has 0 saturated heterocycles. The zero-order chi connectivity index (χ0) is 22.9. The Kier molecular flexibility index (Phi) is 6.86. The number of carbonyl (C=O) groups is 2. The predicted octanol–water partition coefficient (Wildman–Crippen LogP) is 3.27. The number of alkyl carbamates (subject to hydrolysis) is 1. The van der Waals surface area contributed by atoms with E-state index in [2.05, 4.69) is 31.2 Å². The summed E-state index contributed by atoms with van der Waals surface area (Å²) in [5.41, 5.74) is 2.23. The molecule has 0 aliphatic heterocycles. The van der Waals surface area contributed by atoms with Gasteiger partial charge >= 0.3 is 6.09 Å². The lowest BCUT2D eigenvalue weighted by Crippen LogP contribution is -2.33. The van der Waals surface area contributed by atoms with Crippen LogP contribution in [-0.2, 0) is 16.1 Å². The number of rotatable bonds is 8. The molecule has 4 aromatic rings. The van der Waals surface area contributed by atoms with E-state index in [-0.39, 0.29) is 19.1 Å². The molecule has 0 radical (unpaired) electrons. The molecule has 10 heteroatoms. The topological polar surface area (TPSA) is 123 Å². The molecular weight excluding hydrogens is 422 g/mol. The smallest absolute Gasteiger partial charge is 0.407 e. The molecule has 0 unspecified atom stereocenters. The average molecular weight is 443 g/mol. The van der Waals surface area contributed by atoms with Crippen LogP contribution in [0.1, 0.15) is 5.56 Å². The Labute approximate surface area is 189 Å². The number of ether oxygens (including phenoxy) is 1. The summed E-state index contributed by atoms with van der Waals surface area (Å²) >= 11 is 0. The van der Waals surface area contributed by atoms with Crippen LogP contribution < -0.4 is 16.0 Å². The van der Waals surface area contributed by atoms with Crippen LogP contribution in [0.2, 0.25) is 0 Å². The van der Waals surface area contributed by atoms with E-state index in [1.807, 2.05) is 36.4 Å². The van der Waals surface area contributed by atoms with Gasteiger partial charge in [-0.15, -0.1) is 10.2 Å². The number of benzene rings is 2. The van der Waals surface area contributed by atoms with Crippen molar-refractivity contribution >= 4 is 29.2 Å². The van der Waals surface area contributed by atoms with Gasteiger partial charge in [0.2, 0.25) is 5.91 Å². The predicted molar refractivity (Wildman–Crippen MR) is 122 cm³/mol. The first-order valence-electron chi connectivity index (χ1n) is 10.1. The van der Waals surface area contributed by atoms with Crippen LogP contribution in [0.4, 0.5) is 22.0 Å². The molecular formula is C23H21N7O3. The van der Waals surface area contributed by atoms with Crippen molar-refractivity contribution in [2.75, 3.05) is 17.2 Å². The molecule has 33 heavy (non-hydrogen) atoms. The van der Waals surface area contributed by atoms with Gasteiger partial charge in [-0.05, 0) is 48.0 Å². The minimum Gasteiger partial charge on any atom is -0.445 e. The van der Waals surface area contributed by atoms with Gasteiger partial charge in [0.15, 0.2) is 11.6 Å². The largest absolute Gasteiger partial charge is 0.445 e. The van der Waals surface area contributed by atoms with E-state index in [9.17, 15) is 9.59 Å². The quantitative estimate of drug-likeness (QED) is 0.382. The SMILES string of the molecule is O=C(CNC(=O)OCc1ccccc1)Nc1ccc(Nc2ccc(-n3cccn3)nn2)cc1. The highest BCUT2D eigenvalue weighted by atomic mass is 16.5. The monoisotopic (exact) mass is 443 g/mol. The van der Waals surface area contributed by atoms with E-state index in [4.69, 9.17) is 4.74 Å². The number of aromatic nitrogens is 4. The molecule has 2 aromatic carbocycles. The second-order valence-electron chi connectivity index (χ2n) is 6.89. The third-order valence-corrected chi connectivity index (χ3v) is 4.44. The fourth-order valence-corrected chi connectivity index (χ4v) is 2.83. The van der Waals surface area contributed by atoms with E-state index in [1.54, 1.807) is 53.5 Å². The van der Waals surface area contributed by atoms with Crippen LogP contribution in [0.25, 0.3) is 5.82 Å². The van der Waals surface area contributed by atoms with E-state index < -0.39 is 6.09 Å². The minimum absolute atomic E-state index is 0.138. The lowest BCUT2D eigenvalue weighted by molar-refractivity contribution is -0.115. The lowest BCUT2D eigenvalue weighted by Gasteiger charge is -2.09. The maximum atomic E-state index is 12.1. The summed E-state index contributed by atoms with van der Waals surface area (Å²) in [5.74, 6) is 0.814. The Morgan fingerprint density at radius 3 is 2.36 bits per heavy atom. The summed E-state index contributed by atoms with van der Waals surface area (Å²) in [6.45, 7) is -0.0646. The van der Waals surface area contributed by atoms with Gasteiger partial charge in [0, 0.05) is 23.8 Å². The summed E-state index contributed by atoms with van der Waals surface area (Å²) < 4.78 is 6.69. The molecule has 4 rings (SSSR count). The van der Waals surface area contributed by atoms with Crippen LogP contribution in [-0.4, -0.2) is 38.5 Å². The van der Waals surface area contributed by atoms with Gasteiger partial charge in [-0.2, -0.15) is 5.10 Å². The lowest BCUT2D eigenvalue weighted by atomic mass is 10.2. The Bertz CT molecular complexity index is 1180. The molecule has 2 aromatic heterocycles. The molecule has 2 heterocycles. The Morgan fingerprint density at radius 2 is 1.67 bits per heavy atom. The average Bonchev–Trinajstić information content (AvgIpc) is 3.39. The molecule has 0 bridgehead atoms. The van der Waals surface area contributed by atoms with Crippen molar-refractivity contribution in [2.45, 2.75) is 6.61 Å². The van der Waals surface area contributed by atoms with E-state index in [0.717, 1.165) is 11.3 Å². The molecule has 166 valence electrons. The van der Waals surface area contributed by atoms with E-state index in [0.29, 0.717) is 17.3 Å². The fourth-order valence-electron chi connectivity index (χ4n) is 2.83. The van der Waals surface area contributed by atoms with Gasteiger partial charge in [0.25, 0.3) is 0 Å². The zero-order valence-electron chi connectivity index (χ0n) is 17.5. The van der Waals surface area contributed by atoms with Gasteiger partial charge in [-0.3, -0.25) is 4.79 Å². The number of nitrogens with one attached hydrogen (secondary N) is 3. The highest BCUT2D eigenvalue weighted by Gasteiger charge is 2.07. The fraction of sp³-hybridized carbons (Fsp3) is 0.0870. The molecule has 0 aliphatic rings. The Balaban J connectivity index is 1.21. The van der Waals surface area contributed by atoms with Gasteiger partial charge in [0.05, 0.1) is 0 Å². The van der Waals surface area contributed by atoms with Crippen LogP contribution in [0.5, 0.6) is 0 Å². The number of anilines is 3. The van der Waals surface area contributed by atoms with Gasteiger partial charge in [-0.1, -0.05) is 30.3 Å². The van der Waals surface area contributed by atoms with Crippen molar-refractivity contribution in [3.63, 3.8) is 0 Å². The molecule has 0 saturated carbocycles. The zero-order valence-corrected chi connectivity index (χ0v) is 17.5. The van der Waals surface area contributed by atoms with Gasteiger partial charge in [-0.25, -0.2) is 9.48 Å². The molecule has 2 amide bonds. The number of carbonyl (C=O) groups excluding carboxylic acids is 2. The van der Waals surface area contributed by atoms with Crippen molar-refractivity contribution in [1.29, 1.82) is 0 Å². The van der Waals surface area contributed by atoms with E-state index >= 15 is 0 Å². The number of hydrogen-bond acceptors (Lipinski definition) is 7. The standard InChI is InChI=1S/C23H21N7O3/c31-22(15-24-23(32)33-16-17-5-2-1-3-6-17)27-19-9-7-18(8-10-19)26-20-11-12-21(29-28-20)30-14-4-13-25-30/h1-14H,15-16H2,(H,24,32)(H,26,28)(H,27,31). The summed E-state index contributed by atoms with van der Waals surface area (Å²) in [7, 11) is 0. The van der Waals surface area contributed by atoms with Crippen molar-refractivity contribution in [2.24, 2.45) is 0 Å². The van der Waals surface area contributed by atoms with Crippen LogP contribution in [0.3, 0.4) is 0 Å². The van der Waals surface area contributed by atoms with Crippen molar-refractivity contribution < 1.29 is 14.3 Å². The van der Waals surface area contributed by atoms with Gasteiger partial charge in [0.1, 0.15) is 13.2 Å². The van der Waals surface area contributed by atoms with Crippen LogP contribution >= 0.6 is 0 Å². The molecule has 0 atom stereocenters. The number of hydrogen-bond donors (Lipinski definition) is 3. The number of amides is 2. The van der Waals surface area contributed by atoms with Crippen molar-refractivity contribution in [1.82, 2.24) is 25.3 Å². The Hall–Kier alpha value is -4.73. The third kappa shape index (κ3) is 6.37. The van der Waals surface area contributed by atoms with Crippen LogP contribution in [0.15, 0.2) is 85.2 Å². The van der Waals surface area contributed by atoms with Crippen molar-refractivity contribution in [3.8, 4) is 5.82 Å². The van der Waals surface area contributed by atoms with Crippen LogP contribution in [0, 0.1) is 0 Å². The normalized spacial score (nSPS) is 10.3. The summed E-state index contributed by atoms with van der Waals surface area (Å²) in [6, 6.07) is 21.7. The molecule has 3 N–H and O–H groups in total. The molecule has 0 aliphatic carbocycles. The second kappa shape index (κ2) is 10.5. The molecule has 10 nitrogen and oxygen atoms in total. The highest BCUT2D eigenvalue weighted by molar-refractivity contribution is 5.94. The molecule has 0 fully saturated rings. The van der Waals surface area contributed by atoms with Crippen molar-refractivity contribution in [3.05, 3.63) is 90.8 Å².